The fraction of sp³-hybridized carbons (Fsp3) is 0. The van der Waals surface area contributed by atoms with Crippen molar-refractivity contribution in [3.05, 3.63) is 34.3 Å². The van der Waals surface area contributed by atoms with Gasteiger partial charge in [-0.1, -0.05) is 23.2 Å². The lowest BCUT2D eigenvalue weighted by molar-refractivity contribution is 1.69. The molecule has 0 saturated heterocycles. The average Bonchev–Trinajstić information content (AvgIpc) is 1.77. The summed E-state index contributed by atoms with van der Waals surface area (Å²) in [7, 11) is 0. The fourth-order valence-corrected chi connectivity index (χ4v) is 0.622. The van der Waals surface area contributed by atoms with Crippen LogP contribution in [-0.2, 0) is 0 Å². The smallest absolute Gasteiger partial charge is 0.0485 e. The minimum atomic E-state index is 0.592. The van der Waals surface area contributed by atoms with E-state index in [1.54, 1.807) is 18.2 Å². The van der Waals surface area contributed by atoms with E-state index in [0.29, 0.717) is 10.0 Å². The lowest BCUT2D eigenvalue weighted by Gasteiger charge is -1.85. The molecule has 0 bridgehead atoms. The minimum absolute atomic E-state index is 0.592. The lowest BCUT2D eigenvalue weighted by Crippen LogP contribution is -1.61. The van der Waals surface area contributed by atoms with Gasteiger partial charge in [0.05, 0.1) is 0 Å². The lowest BCUT2D eigenvalue weighted by atomic mass is 10.4. The van der Waals surface area contributed by atoms with Crippen LogP contribution in [0.25, 0.3) is 0 Å². The molecule has 0 amide bonds. The quantitative estimate of drug-likeness (QED) is 0.527. The summed E-state index contributed by atoms with van der Waals surface area (Å²) in [5.41, 5.74) is 0. The molecule has 1 radical (unpaired) electrons. The summed E-state index contributed by atoms with van der Waals surface area (Å²) >= 11 is 11.0. The highest BCUT2D eigenvalue weighted by Gasteiger charge is 1.84. The minimum Gasteiger partial charge on any atom is -0.0843 e. The van der Waals surface area contributed by atoms with E-state index in [-0.39, 0.29) is 0 Å². The number of halogens is 2. The van der Waals surface area contributed by atoms with Crippen molar-refractivity contribution in [2.45, 2.75) is 0 Å². The zero-order valence-electron chi connectivity index (χ0n) is 3.99. The van der Waals surface area contributed by atoms with Crippen LogP contribution < -0.4 is 0 Å². The molecule has 0 saturated carbocycles. The Bertz CT molecular complexity index is 145. The molecule has 0 heterocycles. The molecule has 0 atom stereocenters. The molecule has 1 rings (SSSR count). The Labute approximate surface area is 58.0 Å². The van der Waals surface area contributed by atoms with E-state index >= 15 is 0 Å². The van der Waals surface area contributed by atoms with Gasteiger partial charge >= 0.3 is 0 Å². The monoisotopic (exact) mass is 145 g/mol. The number of hydrogen-bond donors (Lipinski definition) is 0. The van der Waals surface area contributed by atoms with E-state index < -0.39 is 0 Å². The van der Waals surface area contributed by atoms with Crippen LogP contribution in [0.5, 0.6) is 0 Å². The molecule has 1 aromatic rings. The maximum absolute atomic E-state index is 5.52. The topological polar surface area (TPSA) is 0 Å². The molecule has 41 valence electrons. The average molecular weight is 146 g/mol. The van der Waals surface area contributed by atoms with Crippen LogP contribution in [0, 0.1) is 6.07 Å². The van der Waals surface area contributed by atoms with Crippen LogP contribution in [0.4, 0.5) is 0 Å². The molecular formula is C6H3Cl2. The molecule has 0 spiro atoms. The molecule has 0 aliphatic carbocycles. The predicted octanol–water partition coefficient (Wildman–Crippen LogP) is 2.79. The van der Waals surface area contributed by atoms with Crippen molar-refractivity contribution in [3.8, 4) is 0 Å². The van der Waals surface area contributed by atoms with Gasteiger partial charge in [-0.2, -0.15) is 0 Å². The summed E-state index contributed by atoms with van der Waals surface area (Å²) in [4.78, 5) is 0. The van der Waals surface area contributed by atoms with Crippen LogP contribution >= 0.6 is 23.2 Å². The Morgan fingerprint density at radius 2 is 2.00 bits per heavy atom. The van der Waals surface area contributed by atoms with Gasteiger partial charge in [-0.05, 0) is 18.2 Å². The van der Waals surface area contributed by atoms with E-state index in [2.05, 4.69) is 6.07 Å². The van der Waals surface area contributed by atoms with E-state index in [0.717, 1.165) is 0 Å². The maximum atomic E-state index is 5.52. The van der Waals surface area contributed by atoms with E-state index in [9.17, 15) is 0 Å². The first-order chi connectivity index (χ1) is 3.79. The Hall–Kier alpha value is -0.200. The standard InChI is InChI=1S/C6H3Cl2/c7-5-1-2-6(8)4-3-5/h1-3H. The van der Waals surface area contributed by atoms with E-state index in [1.807, 2.05) is 0 Å². The first kappa shape index (κ1) is 5.93. The van der Waals surface area contributed by atoms with Gasteiger partial charge in [0.25, 0.3) is 0 Å². The number of rotatable bonds is 0. The summed E-state index contributed by atoms with van der Waals surface area (Å²) in [6.07, 6.45) is 0. The SMILES string of the molecule is Clc1[c]cc(Cl)cc1. The molecule has 0 aromatic heterocycles. The van der Waals surface area contributed by atoms with Crippen molar-refractivity contribution in [2.75, 3.05) is 0 Å². The molecule has 8 heavy (non-hydrogen) atoms. The zero-order chi connectivity index (χ0) is 5.98. The fourth-order valence-electron chi connectivity index (χ4n) is 0.387. The molecule has 1 aromatic carbocycles. The summed E-state index contributed by atoms with van der Waals surface area (Å²) < 4.78 is 0. The van der Waals surface area contributed by atoms with E-state index in [4.69, 9.17) is 23.2 Å². The Kier molecular flexibility index (Phi) is 1.77. The maximum Gasteiger partial charge on any atom is 0.0485 e. The Morgan fingerprint density at radius 3 is 2.38 bits per heavy atom. The second-order valence-corrected chi connectivity index (χ2v) is 2.20. The summed E-state index contributed by atoms with van der Waals surface area (Å²) in [5.74, 6) is 0. The summed E-state index contributed by atoms with van der Waals surface area (Å²) in [5, 5.41) is 1.25. The highest BCUT2D eigenvalue weighted by Crippen LogP contribution is 2.11. The summed E-state index contributed by atoms with van der Waals surface area (Å²) in [6, 6.07) is 7.78. The third kappa shape index (κ3) is 1.39. The third-order valence-corrected chi connectivity index (χ3v) is 1.21. The van der Waals surface area contributed by atoms with Gasteiger partial charge in [-0.15, -0.1) is 0 Å². The highest BCUT2D eigenvalue weighted by molar-refractivity contribution is 6.32. The molecule has 0 aliphatic rings. The van der Waals surface area contributed by atoms with Gasteiger partial charge in [0.1, 0.15) is 0 Å². The molecule has 0 nitrogen and oxygen atoms in total. The molecule has 0 fully saturated rings. The molecular weight excluding hydrogens is 143 g/mol. The Morgan fingerprint density at radius 1 is 1.25 bits per heavy atom. The van der Waals surface area contributed by atoms with Gasteiger partial charge in [0.2, 0.25) is 0 Å². The van der Waals surface area contributed by atoms with Crippen molar-refractivity contribution in [2.24, 2.45) is 0 Å². The van der Waals surface area contributed by atoms with Crippen molar-refractivity contribution < 1.29 is 0 Å². The Balaban J connectivity index is 3.03. The molecule has 0 aliphatic heterocycles. The van der Waals surface area contributed by atoms with Gasteiger partial charge in [-0.3, -0.25) is 0 Å². The van der Waals surface area contributed by atoms with Crippen molar-refractivity contribution >= 4 is 23.2 Å². The molecule has 0 N–H and O–H groups in total. The van der Waals surface area contributed by atoms with E-state index in [1.165, 1.54) is 0 Å². The van der Waals surface area contributed by atoms with Crippen molar-refractivity contribution in [3.63, 3.8) is 0 Å². The highest BCUT2D eigenvalue weighted by atomic mass is 35.5. The number of benzene rings is 1. The van der Waals surface area contributed by atoms with Crippen molar-refractivity contribution in [1.29, 1.82) is 0 Å². The second kappa shape index (κ2) is 2.38. The van der Waals surface area contributed by atoms with Gasteiger partial charge in [0, 0.05) is 16.1 Å². The molecule has 0 unspecified atom stereocenters. The van der Waals surface area contributed by atoms with Crippen LogP contribution in [-0.4, -0.2) is 0 Å². The third-order valence-electron chi connectivity index (χ3n) is 0.737. The van der Waals surface area contributed by atoms with Crippen LogP contribution in [0.15, 0.2) is 18.2 Å². The molecule has 2 heteroatoms. The number of hydrogen-bond acceptors (Lipinski definition) is 0. The summed E-state index contributed by atoms with van der Waals surface area (Å²) in [6.45, 7) is 0. The first-order valence-electron chi connectivity index (χ1n) is 2.12. The van der Waals surface area contributed by atoms with Crippen molar-refractivity contribution in [1.82, 2.24) is 0 Å². The second-order valence-electron chi connectivity index (χ2n) is 1.35. The zero-order valence-corrected chi connectivity index (χ0v) is 5.50. The largest absolute Gasteiger partial charge is 0.0843 e. The van der Waals surface area contributed by atoms with Crippen LogP contribution in [0.2, 0.25) is 10.0 Å². The first-order valence-corrected chi connectivity index (χ1v) is 2.87. The normalized spacial score (nSPS) is 9.25. The van der Waals surface area contributed by atoms with Gasteiger partial charge < -0.3 is 0 Å². The van der Waals surface area contributed by atoms with Gasteiger partial charge in [-0.25, -0.2) is 0 Å². The van der Waals surface area contributed by atoms with Crippen LogP contribution in [0.1, 0.15) is 0 Å². The van der Waals surface area contributed by atoms with Gasteiger partial charge in [0.15, 0.2) is 0 Å². The van der Waals surface area contributed by atoms with Crippen LogP contribution in [0.3, 0.4) is 0 Å². The predicted molar refractivity (Wildman–Crippen MR) is 35.3 cm³/mol.